The number of hydroxylamine groups is 1. The average molecular weight is 742 g/mol. The lowest BCUT2D eigenvalue weighted by atomic mass is 9.84. The SMILES string of the molecule is O=C(CCCCC(=O)NCc1cccc(-c2ccc([C@@H]3O[C@H](CN4CCC(O)(c5ccc(Cl)cc5)CC4)C[C@H](c4ccc(CO)cc4)O3)cc2)c1)NO. The van der Waals surface area contributed by atoms with Gasteiger partial charge in [0.1, 0.15) is 0 Å². The maximum atomic E-state index is 12.3. The van der Waals surface area contributed by atoms with Crippen molar-refractivity contribution in [3.63, 3.8) is 0 Å². The monoisotopic (exact) mass is 741 g/mol. The first-order valence-electron chi connectivity index (χ1n) is 18.3. The van der Waals surface area contributed by atoms with E-state index in [1.54, 1.807) is 5.48 Å². The summed E-state index contributed by atoms with van der Waals surface area (Å²) < 4.78 is 13.2. The Bertz CT molecular complexity index is 1800. The molecule has 4 aromatic carbocycles. The Hall–Kier alpha value is -4.13. The van der Waals surface area contributed by atoms with Crippen molar-refractivity contribution in [2.45, 2.75) is 82.2 Å². The number of hydrogen-bond donors (Lipinski definition) is 5. The summed E-state index contributed by atoms with van der Waals surface area (Å²) in [6.45, 7) is 2.57. The first kappa shape index (κ1) is 38.6. The second-order valence-corrected chi connectivity index (χ2v) is 14.5. The van der Waals surface area contributed by atoms with Crippen molar-refractivity contribution in [2.24, 2.45) is 0 Å². The van der Waals surface area contributed by atoms with Crippen LogP contribution in [0.4, 0.5) is 0 Å². The summed E-state index contributed by atoms with van der Waals surface area (Å²) in [5, 5.41) is 33.2. The molecular formula is C42H48ClN3O7. The Kier molecular flexibility index (Phi) is 13.3. The van der Waals surface area contributed by atoms with E-state index in [0.29, 0.717) is 56.6 Å². The number of nitrogens with zero attached hydrogens (tertiary/aromatic N) is 1. The van der Waals surface area contributed by atoms with Gasteiger partial charge in [0.25, 0.3) is 0 Å². The first-order chi connectivity index (χ1) is 25.7. The fraction of sp³-hybridized carbons (Fsp3) is 0.381. The lowest BCUT2D eigenvalue weighted by molar-refractivity contribution is -0.253. The molecule has 5 N–H and O–H groups in total. The molecule has 6 rings (SSSR count). The highest BCUT2D eigenvalue weighted by molar-refractivity contribution is 6.30. The van der Waals surface area contributed by atoms with Crippen LogP contribution in [-0.4, -0.2) is 57.9 Å². The number of piperidine rings is 1. The third kappa shape index (κ3) is 10.5. The molecule has 2 fully saturated rings. The van der Waals surface area contributed by atoms with Crippen LogP contribution in [0.2, 0.25) is 5.02 Å². The van der Waals surface area contributed by atoms with Gasteiger partial charge in [0.05, 0.1) is 24.4 Å². The van der Waals surface area contributed by atoms with Gasteiger partial charge in [0, 0.05) is 56.0 Å². The summed E-state index contributed by atoms with van der Waals surface area (Å²) in [5.41, 5.74) is 7.42. The fourth-order valence-corrected chi connectivity index (χ4v) is 7.21. The number of rotatable bonds is 14. The van der Waals surface area contributed by atoms with Gasteiger partial charge in [-0.1, -0.05) is 90.5 Å². The number of halogens is 1. The van der Waals surface area contributed by atoms with Crippen LogP contribution >= 0.6 is 11.6 Å². The van der Waals surface area contributed by atoms with Crippen molar-refractivity contribution in [1.82, 2.24) is 15.7 Å². The Morgan fingerprint density at radius 1 is 0.811 bits per heavy atom. The second-order valence-electron chi connectivity index (χ2n) is 14.0. The van der Waals surface area contributed by atoms with Crippen LogP contribution in [-0.2, 0) is 37.8 Å². The molecule has 2 aliphatic heterocycles. The molecule has 0 radical (unpaired) electrons. The number of aliphatic hydroxyl groups is 2. The van der Waals surface area contributed by atoms with Crippen molar-refractivity contribution < 1.29 is 34.5 Å². The summed E-state index contributed by atoms with van der Waals surface area (Å²) in [6, 6.07) is 31.6. The zero-order valence-corrected chi connectivity index (χ0v) is 30.5. The van der Waals surface area contributed by atoms with Gasteiger partial charge in [-0.3, -0.25) is 14.8 Å². The molecule has 2 heterocycles. The molecule has 0 spiro atoms. The van der Waals surface area contributed by atoms with E-state index in [4.69, 9.17) is 26.3 Å². The van der Waals surface area contributed by atoms with E-state index < -0.39 is 17.8 Å². The van der Waals surface area contributed by atoms with Gasteiger partial charge in [0.15, 0.2) is 6.29 Å². The highest BCUT2D eigenvalue weighted by Crippen LogP contribution is 2.40. The van der Waals surface area contributed by atoms with E-state index >= 15 is 0 Å². The van der Waals surface area contributed by atoms with Crippen LogP contribution in [0.15, 0.2) is 97.1 Å². The van der Waals surface area contributed by atoms with Gasteiger partial charge in [-0.2, -0.15) is 0 Å². The molecule has 0 unspecified atom stereocenters. The van der Waals surface area contributed by atoms with Crippen LogP contribution in [0.3, 0.4) is 0 Å². The molecule has 4 aromatic rings. The molecule has 2 saturated heterocycles. The van der Waals surface area contributed by atoms with Crippen molar-refractivity contribution >= 4 is 23.4 Å². The predicted molar refractivity (Wildman–Crippen MR) is 202 cm³/mol. The number of amides is 2. The Balaban J connectivity index is 1.09. The van der Waals surface area contributed by atoms with Gasteiger partial charge < -0.3 is 29.9 Å². The maximum absolute atomic E-state index is 12.3. The van der Waals surface area contributed by atoms with E-state index in [-0.39, 0.29) is 31.1 Å². The second kappa shape index (κ2) is 18.3. The zero-order valence-electron chi connectivity index (χ0n) is 29.8. The van der Waals surface area contributed by atoms with Gasteiger partial charge in [-0.25, -0.2) is 5.48 Å². The number of hydrogen-bond acceptors (Lipinski definition) is 8. The summed E-state index contributed by atoms with van der Waals surface area (Å²) in [7, 11) is 0. The zero-order chi connectivity index (χ0) is 37.2. The minimum absolute atomic E-state index is 0.0174. The molecule has 2 aliphatic rings. The van der Waals surface area contributed by atoms with E-state index in [0.717, 1.165) is 52.0 Å². The van der Waals surface area contributed by atoms with E-state index in [1.165, 1.54) is 0 Å². The molecule has 53 heavy (non-hydrogen) atoms. The molecule has 280 valence electrons. The van der Waals surface area contributed by atoms with Gasteiger partial charge in [-0.05, 0) is 77.3 Å². The van der Waals surface area contributed by atoms with Gasteiger partial charge in [0.2, 0.25) is 11.8 Å². The molecule has 0 bridgehead atoms. The van der Waals surface area contributed by atoms with Crippen LogP contribution < -0.4 is 10.8 Å². The predicted octanol–water partition coefficient (Wildman–Crippen LogP) is 6.71. The van der Waals surface area contributed by atoms with E-state index in [1.807, 2.05) is 78.9 Å². The molecule has 3 atom stereocenters. The lowest BCUT2D eigenvalue weighted by Gasteiger charge is -2.42. The molecule has 11 heteroatoms. The third-order valence-corrected chi connectivity index (χ3v) is 10.5. The minimum Gasteiger partial charge on any atom is -0.392 e. The largest absolute Gasteiger partial charge is 0.392 e. The summed E-state index contributed by atoms with van der Waals surface area (Å²) >= 11 is 6.09. The van der Waals surface area contributed by atoms with E-state index in [2.05, 4.69) is 28.4 Å². The molecular weight excluding hydrogens is 694 g/mol. The number of nitrogens with one attached hydrogen (secondary N) is 2. The number of ether oxygens (including phenoxy) is 2. The standard InChI is InChI=1S/C42H48ClN3O7/c43-36-18-16-35(17-19-36)42(50)20-22-46(23-21-42)27-37-25-38(32-10-8-29(28-47)9-11-32)53-41(52-37)33-14-12-31(13-15-33)34-5-3-4-30(24-34)26-44-39(48)6-1-2-7-40(49)45-51/h3-5,8-19,24,37-38,41,47,50-51H,1-2,6-7,20-23,25-28H2,(H,44,48)(H,45,49)/t37-,38+,41+/m0/s1. The van der Waals surface area contributed by atoms with Crippen molar-refractivity contribution in [1.29, 1.82) is 0 Å². The first-order valence-corrected chi connectivity index (χ1v) is 18.7. The third-order valence-electron chi connectivity index (χ3n) is 10.3. The number of benzene rings is 4. The maximum Gasteiger partial charge on any atom is 0.243 e. The smallest absolute Gasteiger partial charge is 0.243 e. The average Bonchev–Trinajstić information content (AvgIpc) is 3.20. The fourth-order valence-electron chi connectivity index (χ4n) is 7.08. The van der Waals surface area contributed by atoms with Crippen LogP contribution in [0.5, 0.6) is 0 Å². The molecule has 0 aliphatic carbocycles. The lowest BCUT2D eigenvalue weighted by Crippen LogP contribution is -2.46. The Labute approximate surface area is 315 Å². The van der Waals surface area contributed by atoms with Gasteiger partial charge in [-0.15, -0.1) is 0 Å². The van der Waals surface area contributed by atoms with Crippen molar-refractivity contribution in [3.8, 4) is 11.1 Å². The Morgan fingerprint density at radius 3 is 2.17 bits per heavy atom. The topological polar surface area (TPSA) is 141 Å². The number of carbonyl (C=O) groups is 2. The highest BCUT2D eigenvalue weighted by Gasteiger charge is 2.37. The molecule has 10 nitrogen and oxygen atoms in total. The van der Waals surface area contributed by atoms with Crippen LogP contribution in [0.25, 0.3) is 11.1 Å². The minimum atomic E-state index is -0.880. The molecule has 0 aromatic heterocycles. The van der Waals surface area contributed by atoms with Crippen LogP contribution in [0.1, 0.15) is 85.2 Å². The van der Waals surface area contributed by atoms with Crippen LogP contribution in [0, 0.1) is 0 Å². The molecule has 0 saturated carbocycles. The summed E-state index contributed by atoms with van der Waals surface area (Å²) in [4.78, 5) is 25.8. The summed E-state index contributed by atoms with van der Waals surface area (Å²) in [6.07, 6.45) is 2.61. The van der Waals surface area contributed by atoms with Crippen molar-refractivity contribution in [3.05, 3.63) is 130 Å². The number of unbranched alkanes of at least 4 members (excludes halogenated alkanes) is 1. The number of carbonyl (C=O) groups excluding carboxylic acids is 2. The highest BCUT2D eigenvalue weighted by atomic mass is 35.5. The molecule has 2 amide bonds. The number of aliphatic hydroxyl groups excluding tert-OH is 1. The normalized spacial score (nSPS) is 20.1. The van der Waals surface area contributed by atoms with Crippen molar-refractivity contribution in [2.75, 3.05) is 19.6 Å². The summed E-state index contributed by atoms with van der Waals surface area (Å²) in [5.74, 6) is -0.537. The number of likely N-dealkylation sites (tertiary alicyclic amines) is 1. The van der Waals surface area contributed by atoms with Gasteiger partial charge >= 0.3 is 0 Å². The Morgan fingerprint density at radius 2 is 1.49 bits per heavy atom. The van der Waals surface area contributed by atoms with E-state index in [9.17, 15) is 19.8 Å². The quantitative estimate of drug-likeness (QED) is 0.0546.